The van der Waals surface area contributed by atoms with Gasteiger partial charge in [0.1, 0.15) is 11.6 Å². The monoisotopic (exact) mass is 441 g/mol. The number of hydrogen-bond acceptors (Lipinski definition) is 3. The summed E-state index contributed by atoms with van der Waals surface area (Å²) >= 11 is 3.54. The highest BCUT2D eigenvalue weighted by atomic mass is 79.9. The minimum absolute atomic E-state index is 0.866. The van der Waals surface area contributed by atoms with Crippen LogP contribution in [0.1, 0.15) is 19.3 Å². The first-order valence-corrected chi connectivity index (χ1v) is 10.6. The fraction of sp³-hybridized carbons (Fsp3) is 0.120. The number of para-hydroxylation sites is 1. The van der Waals surface area contributed by atoms with Crippen molar-refractivity contribution in [1.82, 2.24) is 4.98 Å². The van der Waals surface area contributed by atoms with Crippen molar-refractivity contribution >= 4 is 44.0 Å². The molecule has 3 nitrogen and oxygen atoms in total. The van der Waals surface area contributed by atoms with Gasteiger partial charge in [-0.25, -0.2) is 9.98 Å². The van der Waals surface area contributed by atoms with Crippen molar-refractivity contribution in [3.63, 3.8) is 0 Å². The van der Waals surface area contributed by atoms with Gasteiger partial charge in [0.25, 0.3) is 0 Å². The summed E-state index contributed by atoms with van der Waals surface area (Å²) in [5, 5.41) is 1.13. The first-order chi connectivity index (χ1) is 14.3. The maximum Gasteiger partial charge on any atom is 0.139 e. The smallest absolute Gasteiger partial charge is 0.139 e. The van der Waals surface area contributed by atoms with Crippen molar-refractivity contribution in [2.45, 2.75) is 19.3 Å². The molecule has 0 N–H and O–H groups in total. The zero-order valence-electron chi connectivity index (χ0n) is 15.9. The van der Waals surface area contributed by atoms with E-state index in [1.807, 2.05) is 12.1 Å². The Labute approximate surface area is 178 Å². The number of aromatic nitrogens is 1. The maximum atomic E-state index is 5.05. The van der Waals surface area contributed by atoms with Gasteiger partial charge in [0.15, 0.2) is 0 Å². The van der Waals surface area contributed by atoms with Crippen LogP contribution >= 0.6 is 15.9 Å². The third-order valence-corrected chi connectivity index (χ3v) is 5.74. The molecule has 0 unspecified atom stereocenters. The number of halogens is 1. The number of aliphatic imine (C=N–C) groups is 1. The van der Waals surface area contributed by atoms with Gasteiger partial charge in [-0.05, 0) is 79.5 Å². The van der Waals surface area contributed by atoms with E-state index in [0.717, 1.165) is 57.7 Å². The predicted octanol–water partition coefficient (Wildman–Crippen LogP) is 7.10. The Morgan fingerprint density at radius 2 is 1.76 bits per heavy atom. The lowest BCUT2D eigenvalue weighted by Gasteiger charge is -2.25. The summed E-state index contributed by atoms with van der Waals surface area (Å²) in [5.74, 6) is 1.77. The number of pyridine rings is 1. The van der Waals surface area contributed by atoms with Gasteiger partial charge >= 0.3 is 0 Å². The molecule has 2 heterocycles. The summed E-state index contributed by atoms with van der Waals surface area (Å²) in [7, 11) is 0. The molecular weight excluding hydrogens is 422 g/mol. The quantitative estimate of drug-likeness (QED) is 0.433. The summed E-state index contributed by atoms with van der Waals surface area (Å²) in [6, 6.07) is 20.7. The van der Waals surface area contributed by atoms with Gasteiger partial charge in [-0.3, -0.25) is 4.90 Å². The van der Waals surface area contributed by atoms with Gasteiger partial charge in [0.2, 0.25) is 0 Å². The molecule has 2 aliphatic rings. The molecule has 0 spiro atoms. The second kappa shape index (κ2) is 7.80. The third kappa shape index (κ3) is 3.68. The SMILES string of the molecule is Brc1ccc(N(C2=CCC=C3CCC=CC3=N2)c2ccc3ccccc3n2)cc1. The molecule has 1 aliphatic carbocycles. The van der Waals surface area contributed by atoms with E-state index < -0.39 is 0 Å². The van der Waals surface area contributed by atoms with Crippen molar-refractivity contribution in [2.24, 2.45) is 4.99 Å². The first kappa shape index (κ1) is 18.1. The van der Waals surface area contributed by atoms with Gasteiger partial charge in [-0.15, -0.1) is 0 Å². The van der Waals surface area contributed by atoms with E-state index in [2.05, 4.69) is 93.7 Å². The standard InChI is InChI=1S/C25H20BrN3/c26-20-13-15-21(16-14-20)29(25-17-12-19-7-2-4-10-23(19)28-25)24-11-5-8-18-6-1-3-9-22(18)27-24/h2-4,7-17H,1,5-6H2. The van der Waals surface area contributed by atoms with Crippen LogP contribution in [0.4, 0.5) is 11.5 Å². The summed E-state index contributed by atoms with van der Waals surface area (Å²) in [4.78, 5) is 12.1. The Balaban J connectivity index is 1.66. The second-order valence-electron chi connectivity index (χ2n) is 7.14. The van der Waals surface area contributed by atoms with E-state index >= 15 is 0 Å². The van der Waals surface area contributed by atoms with Gasteiger partial charge in [0.05, 0.1) is 11.2 Å². The topological polar surface area (TPSA) is 28.5 Å². The normalized spacial score (nSPS) is 15.8. The molecule has 0 amide bonds. The number of fused-ring (bicyclic) bond motifs is 2. The third-order valence-electron chi connectivity index (χ3n) is 5.21. The van der Waals surface area contributed by atoms with E-state index in [1.54, 1.807) is 0 Å². The van der Waals surface area contributed by atoms with Gasteiger partial charge in [0, 0.05) is 15.5 Å². The van der Waals surface area contributed by atoms with Crippen LogP contribution in [-0.2, 0) is 0 Å². The van der Waals surface area contributed by atoms with Crippen LogP contribution < -0.4 is 4.90 Å². The molecule has 0 saturated carbocycles. The summed E-state index contributed by atoms with van der Waals surface area (Å²) in [6.07, 6.45) is 11.8. The Hall–Kier alpha value is -2.98. The number of benzene rings is 2. The highest BCUT2D eigenvalue weighted by Gasteiger charge is 2.19. The van der Waals surface area contributed by atoms with E-state index in [9.17, 15) is 0 Å². The average molecular weight is 442 g/mol. The molecule has 2 aromatic carbocycles. The second-order valence-corrected chi connectivity index (χ2v) is 8.06. The number of rotatable bonds is 3. The van der Waals surface area contributed by atoms with Crippen molar-refractivity contribution < 1.29 is 0 Å². The zero-order valence-corrected chi connectivity index (χ0v) is 17.5. The molecular formula is C25H20BrN3. The molecule has 142 valence electrons. The minimum atomic E-state index is 0.866. The average Bonchev–Trinajstić information content (AvgIpc) is 2.97. The summed E-state index contributed by atoms with van der Waals surface area (Å²) in [5.41, 5.74) is 4.41. The summed E-state index contributed by atoms with van der Waals surface area (Å²) < 4.78 is 1.05. The molecule has 0 bridgehead atoms. The molecule has 0 atom stereocenters. The Bertz CT molecular complexity index is 1190. The van der Waals surface area contributed by atoms with E-state index in [-0.39, 0.29) is 0 Å². The van der Waals surface area contributed by atoms with Gasteiger partial charge in [-0.2, -0.15) is 0 Å². The molecule has 5 rings (SSSR count). The van der Waals surface area contributed by atoms with Gasteiger partial charge in [-0.1, -0.05) is 46.3 Å². The molecule has 0 radical (unpaired) electrons. The highest BCUT2D eigenvalue weighted by molar-refractivity contribution is 9.10. The Morgan fingerprint density at radius 3 is 2.66 bits per heavy atom. The number of anilines is 2. The van der Waals surface area contributed by atoms with E-state index in [0.29, 0.717) is 0 Å². The largest absolute Gasteiger partial charge is 0.279 e. The van der Waals surface area contributed by atoms with Crippen molar-refractivity contribution in [3.8, 4) is 0 Å². The molecule has 29 heavy (non-hydrogen) atoms. The lowest BCUT2D eigenvalue weighted by molar-refractivity contribution is 0.998. The van der Waals surface area contributed by atoms with Crippen LogP contribution in [0.5, 0.6) is 0 Å². The number of hydrogen-bond donors (Lipinski definition) is 0. The molecule has 1 aliphatic heterocycles. The van der Waals surface area contributed by atoms with Crippen LogP contribution in [0.2, 0.25) is 0 Å². The Kier molecular flexibility index (Phi) is 4.86. The lowest BCUT2D eigenvalue weighted by Crippen LogP contribution is -2.18. The van der Waals surface area contributed by atoms with Crippen molar-refractivity contribution in [3.05, 3.63) is 101 Å². The predicted molar refractivity (Wildman–Crippen MR) is 125 cm³/mol. The fourth-order valence-electron chi connectivity index (χ4n) is 3.75. The number of nitrogens with zero attached hydrogens (tertiary/aromatic N) is 3. The zero-order chi connectivity index (χ0) is 19.6. The van der Waals surface area contributed by atoms with Crippen LogP contribution in [-0.4, -0.2) is 10.7 Å². The van der Waals surface area contributed by atoms with Crippen molar-refractivity contribution in [1.29, 1.82) is 0 Å². The molecule has 3 aromatic rings. The summed E-state index contributed by atoms with van der Waals surface area (Å²) in [6.45, 7) is 0. The van der Waals surface area contributed by atoms with Crippen molar-refractivity contribution in [2.75, 3.05) is 4.90 Å². The number of allylic oxidation sites excluding steroid dienone is 5. The van der Waals surface area contributed by atoms with Crippen LogP contribution in [0.15, 0.2) is 106 Å². The molecule has 4 heteroatoms. The molecule has 0 fully saturated rings. The van der Waals surface area contributed by atoms with Crippen LogP contribution in [0.25, 0.3) is 10.9 Å². The fourth-order valence-corrected chi connectivity index (χ4v) is 4.02. The van der Waals surface area contributed by atoms with Crippen LogP contribution in [0, 0.1) is 0 Å². The molecule has 1 aromatic heterocycles. The Morgan fingerprint density at radius 1 is 0.897 bits per heavy atom. The van der Waals surface area contributed by atoms with E-state index in [4.69, 9.17) is 9.98 Å². The van der Waals surface area contributed by atoms with Crippen LogP contribution in [0.3, 0.4) is 0 Å². The van der Waals surface area contributed by atoms with Gasteiger partial charge < -0.3 is 0 Å². The van der Waals surface area contributed by atoms with E-state index in [1.165, 1.54) is 5.57 Å². The lowest BCUT2D eigenvalue weighted by atomic mass is 9.98. The minimum Gasteiger partial charge on any atom is -0.279 e. The molecule has 0 saturated heterocycles. The highest BCUT2D eigenvalue weighted by Crippen LogP contribution is 2.33. The first-order valence-electron chi connectivity index (χ1n) is 9.84. The maximum absolute atomic E-state index is 5.05.